The van der Waals surface area contributed by atoms with Crippen LogP contribution in [-0.4, -0.2) is 60.6 Å². The van der Waals surface area contributed by atoms with Gasteiger partial charge in [0, 0.05) is 50.3 Å². The number of sulfone groups is 1. The zero-order valence-corrected chi connectivity index (χ0v) is 16.2. The number of rotatable bonds is 2. The van der Waals surface area contributed by atoms with Gasteiger partial charge in [0.2, 0.25) is 11.9 Å². The molecule has 0 N–H and O–H groups in total. The highest BCUT2D eigenvalue weighted by Gasteiger charge is 2.48. The summed E-state index contributed by atoms with van der Waals surface area (Å²) in [5, 5.41) is -0.534. The summed E-state index contributed by atoms with van der Waals surface area (Å²) in [6.45, 7) is 6.65. The third kappa shape index (κ3) is 2.98. The van der Waals surface area contributed by atoms with Crippen LogP contribution in [0.4, 0.5) is 5.95 Å². The average molecular weight is 378 g/mol. The molecule has 7 nitrogen and oxygen atoms in total. The molecule has 3 aliphatic heterocycles. The lowest BCUT2D eigenvalue weighted by Gasteiger charge is -2.32. The Bertz CT molecular complexity index is 826. The van der Waals surface area contributed by atoms with Crippen molar-refractivity contribution in [3.8, 4) is 0 Å². The first-order chi connectivity index (χ1) is 12.4. The number of hydrogen-bond acceptors (Lipinski definition) is 6. The quantitative estimate of drug-likeness (QED) is 0.772. The molecule has 0 spiro atoms. The zero-order chi connectivity index (χ0) is 18.5. The first-order valence-corrected chi connectivity index (χ1v) is 11.2. The minimum absolute atomic E-state index is 0.00952. The van der Waals surface area contributed by atoms with E-state index in [-0.39, 0.29) is 17.6 Å². The average Bonchev–Trinajstić information content (AvgIpc) is 3.07. The topological polar surface area (TPSA) is 83.5 Å². The van der Waals surface area contributed by atoms with Crippen LogP contribution < -0.4 is 4.90 Å². The molecule has 0 unspecified atom stereocenters. The van der Waals surface area contributed by atoms with Crippen molar-refractivity contribution < 1.29 is 13.2 Å². The molecule has 142 valence electrons. The third-order valence-electron chi connectivity index (χ3n) is 5.92. The molecule has 0 aromatic carbocycles. The van der Waals surface area contributed by atoms with Crippen LogP contribution in [0.5, 0.6) is 0 Å². The Balaban J connectivity index is 1.69. The fraction of sp³-hybridized carbons (Fsp3) is 0.722. The number of aromatic nitrogens is 2. The summed E-state index contributed by atoms with van der Waals surface area (Å²) in [4.78, 5) is 25.3. The van der Waals surface area contributed by atoms with Gasteiger partial charge >= 0.3 is 0 Å². The van der Waals surface area contributed by atoms with Gasteiger partial charge in [0.15, 0.2) is 9.84 Å². The molecule has 0 radical (unpaired) electrons. The summed E-state index contributed by atoms with van der Waals surface area (Å²) < 4.78 is 25.4. The van der Waals surface area contributed by atoms with Crippen LogP contribution >= 0.6 is 0 Å². The molecule has 4 rings (SSSR count). The lowest BCUT2D eigenvalue weighted by Crippen LogP contribution is -2.38. The maximum Gasteiger partial charge on any atom is 0.225 e. The normalized spacial score (nSPS) is 30.0. The van der Waals surface area contributed by atoms with Crippen molar-refractivity contribution in [2.75, 3.05) is 31.1 Å². The maximum atomic E-state index is 12.7. The smallest absolute Gasteiger partial charge is 0.225 e. The van der Waals surface area contributed by atoms with Crippen molar-refractivity contribution in [3.63, 3.8) is 0 Å². The second kappa shape index (κ2) is 6.48. The lowest BCUT2D eigenvalue weighted by molar-refractivity contribution is -0.129. The molecule has 0 bridgehead atoms. The lowest BCUT2D eigenvalue weighted by atomic mass is 9.99. The first kappa shape index (κ1) is 17.7. The first-order valence-electron chi connectivity index (χ1n) is 9.49. The second-order valence-corrected chi connectivity index (χ2v) is 10.1. The molecule has 1 aromatic heterocycles. The van der Waals surface area contributed by atoms with Crippen molar-refractivity contribution in [1.82, 2.24) is 14.9 Å². The number of likely N-dealkylation sites (tertiary alicyclic amines) is 1. The number of anilines is 1. The molecule has 0 saturated carbocycles. The highest BCUT2D eigenvalue weighted by Crippen LogP contribution is 2.39. The Kier molecular flexibility index (Phi) is 4.41. The predicted octanol–water partition coefficient (Wildman–Crippen LogP) is 1.35. The molecule has 4 heterocycles. The third-order valence-corrected chi connectivity index (χ3v) is 8.03. The monoisotopic (exact) mass is 378 g/mol. The molecule has 2 saturated heterocycles. The van der Waals surface area contributed by atoms with Crippen LogP contribution in [0.15, 0.2) is 6.20 Å². The molecule has 3 aliphatic rings. The van der Waals surface area contributed by atoms with Gasteiger partial charge in [-0.25, -0.2) is 18.4 Å². The Morgan fingerprint density at radius 3 is 2.85 bits per heavy atom. The van der Waals surface area contributed by atoms with Gasteiger partial charge in [0.25, 0.3) is 0 Å². The summed E-state index contributed by atoms with van der Waals surface area (Å²) in [6.07, 6.45) is 4.43. The number of carbonyl (C=O) groups is 1. The minimum Gasteiger partial charge on any atom is -0.341 e. The van der Waals surface area contributed by atoms with Crippen molar-refractivity contribution in [2.45, 2.75) is 50.0 Å². The van der Waals surface area contributed by atoms with Crippen LogP contribution in [0, 0.1) is 5.92 Å². The molecule has 0 aliphatic carbocycles. The highest BCUT2D eigenvalue weighted by molar-refractivity contribution is 7.91. The van der Waals surface area contributed by atoms with Crippen LogP contribution in [0.25, 0.3) is 0 Å². The van der Waals surface area contributed by atoms with Gasteiger partial charge in [0.1, 0.15) is 0 Å². The second-order valence-electron chi connectivity index (χ2n) is 7.88. The van der Waals surface area contributed by atoms with E-state index >= 15 is 0 Å². The standard InChI is InChI=1S/C18H26N4O3S/c1-3-16(23)22-9-14-15(10-22)26(24,25)11-13-7-19-18(20-17(13)14)21-6-4-5-12(2)8-21/h7,12,14-15H,3-6,8-11H2,1-2H3/t12-,14-,15+/m0/s1. The van der Waals surface area contributed by atoms with Crippen LogP contribution in [0.2, 0.25) is 0 Å². The van der Waals surface area contributed by atoms with Crippen LogP contribution in [0.3, 0.4) is 0 Å². The highest BCUT2D eigenvalue weighted by atomic mass is 32.2. The van der Waals surface area contributed by atoms with E-state index in [1.165, 1.54) is 6.42 Å². The molecule has 1 aromatic rings. The van der Waals surface area contributed by atoms with E-state index in [0.717, 1.165) is 25.2 Å². The number of carbonyl (C=O) groups excluding carboxylic acids is 1. The zero-order valence-electron chi connectivity index (χ0n) is 15.4. The van der Waals surface area contributed by atoms with Crippen molar-refractivity contribution in [1.29, 1.82) is 0 Å². The van der Waals surface area contributed by atoms with Gasteiger partial charge < -0.3 is 9.80 Å². The molecular formula is C18H26N4O3S. The molecule has 1 amide bonds. The maximum absolute atomic E-state index is 12.7. The van der Waals surface area contributed by atoms with E-state index in [1.54, 1.807) is 11.1 Å². The van der Waals surface area contributed by atoms with Gasteiger partial charge in [-0.2, -0.15) is 0 Å². The minimum atomic E-state index is -3.28. The fourth-order valence-electron chi connectivity index (χ4n) is 4.52. The van der Waals surface area contributed by atoms with E-state index in [2.05, 4.69) is 16.8 Å². The van der Waals surface area contributed by atoms with Crippen molar-refractivity contribution in [3.05, 3.63) is 17.5 Å². The number of nitrogens with zero attached hydrogens (tertiary/aromatic N) is 4. The molecule has 8 heteroatoms. The summed E-state index contributed by atoms with van der Waals surface area (Å²) >= 11 is 0. The Hall–Kier alpha value is -1.70. The molecule has 3 atom stereocenters. The van der Waals surface area contributed by atoms with Gasteiger partial charge in [-0.1, -0.05) is 13.8 Å². The Morgan fingerprint density at radius 1 is 1.31 bits per heavy atom. The number of piperidine rings is 1. The molecular weight excluding hydrogens is 352 g/mol. The summed E-state index contributed by atoms with van der Waals surface area (Å²) in [6, 6.07) is 0. The predicted molar refractivity (Wildman–Crippen MR) is 98.7 cm³/mol. The van der Waals surface area contributed by atoms with Gasteiger partial charge in [0.05, 0.1) is 16.7 Å². The summed E-state index contributed by atoms with van der Waals surface area (Å²) in [7, 11) is -3.28. The fourth-order valence-corrected chi connectivity index (χ4v) is 6.51. The van der Waals surface area contributed by atoms with E-state index in [1.807, 2.05) is 6.92 Å². The van der Waals surface area contributed by atoms with Gasteiger partial charge in [-0.3, -0.25) is 4.79 Å². The Morgan fingerprint density at radius 2 is 2.12 bits per heavy atom. The van der Waals surface area contributed by atoms with Crippen molar-refractivity contribution >= 4 is 21.7 Å². The van der Waals surface area contributed by atoms with Crippen LogP contribution in [-0.2, 0) is 20.4 Å². The number of fused-ring (bicyclic) bond motifs is 3. The van der Waals surface area contributed by atoms with Crippen LogP contribution in [0.1, 0.15) is 50.3 Å². The summed E-state index contributed by atoms with van der Waals surface area (Å²) in [5.74, 6) is 1.07. The number of amides is 1. The largest absolute Gasteiger partial charge is 0.341 e. The van der Waals surface area contributed by atoms with Crippen molar-refractivity contribution in [2.24, 2.45) is 5.92 Å². The van der Waals surface area contributed by atoms with E-state index in [0.29, 0.717) is 36.9 Å². The van der Waals surface area contributed by atoms with E-state index < -0.39 is 15.1 Å². The van der Waals surface area contributed by atoms with Gasteiger partial charge in [-0.15, -0.1) is 0 Å². The molecule has 26 heavy (non-hydrogen) atoms. The SMILES string of the molecule is CCC(=O)N1C[C@@H]2c3nc(N4CCC[C@H](C)C4)ncc3CS(=O)(=O)[C@@H]2C1. The van der Waals surface area contributed by atoms with E-state index in [9.17, 15) is 13.2 Å². The molecule has 2 fully saturated rings. The van der Waals surface area contributed by atoms with E-state index in [4.69, 9.17) is 4.98 Å². The number of hydrogen-bond donors (Lipinski definition) is 0. The summed E-state index contributed by atoms with van der Waals surface area (Å²) in [5.41, 5.74) is 1.53. The van der Waals surface area contributed by atoms with Gasteiger partial charge in [-0.05, 0) is 18.8 Å². The Labute approximate surface area is 154 Å².